The summed E-state index contributed by atoms with van der Waals surface area (Å²) in [6.07, 6.45) is 0.795. The van der Waals surface area contributed by atoms with Crippen molar-refractivity contribution in [2.45, 2.75) is 24.4 Å². The maximum atomic E-state index is 12.7. The van der Waals surface area contributed by atoms with E-state index < -0.39 is 11.5 Å². The van der Waals surface area contributed by atoms with Gasteiger partial charge in [0.05, 0.1) is 25.7 Å². The molecule has 1 amide bonds. The zero-order chi connectivity index (χ0) is 17.9. The van der Waals surface area contributed by atoms with E-state index in [0.717, 1.165) is 18.4 Å². The van der Waals surface area contributed by atoms with Gasteiger partial charge in [-0.2, -0.15) is 0 Å². The molecular weight excluding hydrogens is 318 g/mol. The normalized spacial score (nSPS) is 16.0. The highest BCUT2D eigenvalue weighted by atomic mass is 16.5. The molecule has 0 aliphatic heterocycles. The summed E-state index contributed by atoms with van der Waals surface area (Å²) in [7, 11) is 3.11. The van der Waals surface area contributed by atoms with Crippen molar-refractivity contribution in [1.29, 1.82) is 0 Å². The van der Waals surface area contributed by atoms with E-state index in [1.54, 1.807) is 32.4 Å². The van der Waals surface area contributed by atoms with E-state index in [1.807, 2.05) is 30.3 Å². The molecule has 0 aromatic heterocycles. The molecule has 2 N–H and O–H groups in total. The lowest BCUT2D eigenvalue weighted by atomic mass is 9.95. The molecular formula is C20H23NO4. The number of hydrogen-bond acceptors (Lipinski definition) is 4. The molecule has 0 unspecified atom stereocenters. The number of carbonyl (C=O) groups is 1. The fraction of sp³-hybridized carbons (Fsp3) is 0.350. The Labute approximate surface area is 147 Å². The minimum Gasteiger partial charge on any atom is -0.497 e. The molecule has 1 fully saturated rings. The Hall–Kier alpha value is -2.53. The van der Waals surface area contributed by atoms with Crippen LogP contribution in [0.1, 0.15) is 30.1 Å². The number of nitrogens with one attached hydrogen (secondary N) is 1. The molecule has 132 valence electrons. The smallest absolute Gasteiger partial charge is 0.230 e. The summed E-state index contributed by atoms with van der Waals surface area (Å²) in [5.74, 6) is 1.15. The molecule has 1 saturated carbocycles. The number of carbonyl (C=O) groups excluding carboxylic acids is 1. The van der Waals surface area contributed by atoms with Crippen molar-refractivity contribution in [2.24, 2.45) is 0 Å². The predicted molar refractivity (Wildman–Crippen MR) is 94.9 cm³/mol. The fourth-order valence-corrected chi connectivity index (χ4v) is 3.10. The van der Waals surface area contributed by atoms with Crippen molar-refractivity contribution < 1.29 is 19.4 Å². The molecule has 2 aromatic carbocycles. The number of ether oxygens (including phenoxy) is 2. The second-order valence-corrected chi connectivity index (χ2v) is 6.28. The van der Waals surface area contributed by atoms with Gasteiger partial charge in [0.1, 0.15) is 11.5 Å². The summed E-state index contributed by atoms with van der Waals surface area (Å²) in [6, 6.07) is 15.0. The van der Waals surface area contributed by atoms with E-state index in [-0.39, 0.29) is 12.5 Å². The standard InChI is InChI=1S/C20H23NO4/c1-24-15-8-9-18(25-2)16(12-15)17(22)13-21-19(23)20(10-11-20)14-6-4-3-5-7-14/h3-9,12,17,22H,10-11,13H2,1-2H3,(H,21,23)/t17-/m1/s1. The lowest BCUT2D eigenvalue weighted by Crippen LogP contribution is -2.37. The van der Waals surface area contributed by atoms with Crippen LogP contribution in [-0.4, -0.2) is 31.8 Å². The molecule has 1 aliphatic carbocycles. The molecule has 1 atom stereocenters. The Morgan fingerprint density at radius 3 is 2.48 bits per heavy atom. The number of hydrogen-bond donors (Lipinski definition) is 2. The molecule has 5 nitrogen and oxygen atoms in total. The molecule has 0 saturated heterocycles. The van der Waals surface area contributed by atoms with Gasteiger partial charge in [-0.15, -0.1) is 0 Å². The Bertz CT molecular complexity index is 741. The van der Waals surface area contributed by atoms with Crippen molar-refractivity contribution in [2.75, 3.05) is 20.8 Å². The van der Waals surface area contributed by atoms with Crippen LogP contribution in [0.2, 0.25) is 0 Å². The first-order valence-corrected chi connectivity index (χ1v) is 8.34. The monoisotopic (exact) mass is 341 g/mol. The third kappa shape index (κ3) is 3.46. The Kier molecular flexibility index (Phi) is 4.95. The molecule has 25 heavy (non-hydrogen) atoms. The number of rotatable bonds is 7. The van der Waals surface area contributed by atoms with Crippen LogP contribution in [-0.2, 0) is 10.2 Å². The van der Waals surface area contributed by atoms with Crippen molar-refractivity contribution >= 4 is 5.91 Å². The van der Waals surface area contributed by atoms with Crippen LogP contribution in [0.5, 0.6) is 11.5 Å². The molecule has 5 heteroatoms. The highest BCUT2D eigenvalue weighted by molar-refractivity contribution is 5.91. The highest BCUT2D eigenvalue weighted by Crippen LogP contribution is 2.48. The lowest BCUT2D eigenvalue weighted by Gasteiger charge is -2.19. The average molecular weight is 341 g/mol. The van der Waals surface area contributed by atoms with Gasteiger partial charge in [-0.1, -0.05) is 30.3 Å². The van der Waals surface area contributed by atoms with Gasteiger partial charge in [-0.25, -0.2) is 0 Å². The summed E-state index contributed by atoms with van der Waals surface area (Å²) in [6.45, 7) is 0.122. The Morgan fingerprint density at radius 1 is 1.16 bits per heavy atom. The second-order valence-electron chi connectivity index (χ2n) is 6.28. The van der Waals surface area contributed by atoms with E-state index in [0.29, 0.717) is 17.1 Å². The third-order valence-electron chi connectivity index (χ3n) is 4.76. The second kappa shape index (κ2) is 7.15. The van der Waals surface area contributed by atoms with Gasteiger partial charge in [-0.3, -0.25) is 4.79 Å². The van der Waals surface area contributed by atoms with Crippen molar-refractivity contribution in [3.05, 3.63) is 59.7 Å². The minimum absolute atomic E-state index is 0.0420. The molecule has 0 heterocycles. The summed E-state index contributed by atoms with van der Waals surface area (Å²) in [5.41, 5.74) is 1.17. The van der Waals surface area contributed by atoms with Crippen LogP contribution in [0.25, 0.3) is 0 Å². The summed E-state index contributed by atoms with van der Waals surface area (Å²) in [4.78, 5) is 12.7. The maximum absolute atomic E-state index is 12.7. The van der Waals surface area contributed by atoms with Crippen LogP contribution in [0.3, 0.4) is 0 Å². The number of methoxy groups -OCH3 is 2. The zero-order valence-electron chi connectivity index (χ0n) is 14.5. The summed E-state index contributed by atoms with van der Waals surface area (Å²) < 4.78 is 10.5. The van der Waals surface area contributed by atoms with Crippen molar-refractivity contribution in [1.82, 2.24) is 5.32 Å². The predicted octanol–water partition coefficient (Wildman–Crippen LogP) is 2.59. The third-order valence-corrected chi connectivity index (χ3v) is 4.76. The van der Waals surface area contributed by atoms with E-state index in [2.05, 4.69) is 5.32 Å². The molecule has 1 aliphatic rings. The van der Waals surface area contributed by atoms with Crippen LogP contribution >= 0.6 is 0 Å². The lowest BCUT2D eigenvalue weighted by molar-refractivity contribution is -0.124. The molecule has 0 spiro atoms. The van der Waals surface area contributed by atoms with Crippen LogP contribution in [0.15, 0.2) is 48.5 Å². The molecule has 3 rings (SSSR count). The van der Waals surface area contributed by atoms with Gasteiger partial charge in [0.2, 0.25) is 5.91 Å². The first-order valence-electron chi connectivity index (χ1n) is 8.34. The topological polar surface area (TPSA) is 67.8 Å². The van der Waals surface area contributed by atoms with Crippen molar-refractivity contribution in [3.8, 4) is 11.5 Å². The van der Waals surface area contributed by atoms with Crippen LogP contribution < -0.4 is 14.8 Å². The first kappa shape index (κ1) is 17.3. The number of amides is 1. The first-order chi connectivity index (χ1) is 12.1. The highest BCUT2D eigenvalue weighted by Gasteiger charge is 2.51. The van der Waals surface area contributed by atoms with E-state index in [4.69, 9.17) is 9.47 Å². The van der Waals surface area contributed by atoms with Gasteiger partial charge in [0.25, 0.3) is 0 Å². The van der Waals surface area contributed by atoms with Crippen molar-refractivity contribution in [3.63, 3.8) is 0 Å². The van der Waals surface area contributed by atoms with E-state index in [9.17, 15) is 9.90 Å². The molecule has 2 aromatic rings. The van der Waals surface area contributed by atoms with Gasteiger partial charge >= 0.3 is 0 Å². The molecule has 0 bridgehead atoms. The largest absolute Gasteiger partial charge is 0.497 e. The minimum atomic E-state index is -0.874. The van der Waals surface area contributed by atoms with Crippen LogP contribution in [0, 0.1) is 0 Å². The molecule has 0 radical (unpaired) electrons. The summed E-state index contributed by atoms with van der Waals surface area (Å²) >= 11 is 0. The van der Waals surface area contributed by atoms with Gasteiger partial charge < -0.3 is 19.9 Å². The number of benzene rings is 2. The quantitative estimate of drug-likeness (QED) is 0.812. The van der Waals surface area contributed by atoms with Gasteiger partial charge in [0.15, 0.2) is 0 Å². The van der Waals surface area contributed by atoms with Crippen LogP contribution in [0.4, 0.5) is 0 Å². The number of aliphatic hydroxyl groups is 1. The van der Waals surface area contributed by atoms with E-state index >= 15 is 0 Å². The Morgan fingerprint density at radius 2 is 1.88 bits per heavy atom. The van der Waals surface area contributed by atoms with Gasteiger partial charge in [-0.05, 0) is 36.6 Å². The fourth-order valence-electron chi connectivity index (χ4n) is 3.10. The van der Waals surface area contributed by atoms with E-state index in [1.165, 1.54) is 0 Å². The Balaban J connectivity index is 1.69. The average Bonchev–Trinajstić information content (AvgIpc) is 3.48. The maximum Gasteiger partial charge on any atom is 0.230 e. The van der Waals surface area contributed by atoms with Gasteiger partial charge in [0, 0.05) is 12.1 Å². The summed E-state index contributed by atoms with van der Waals surface area (Å²) in [5, 5.41) is 13.4. The SMILES string of the molecule is COc1ccc(OC)c([C@H](O)CNC(=O)C2(c3ccccc3)CC2)c1. The zero-order valence-corrected chi connectivity index (χ0v) is 14.5. The number of aliphatic hydroxyl groups excluding tert-OH is 1.